The van der Waals surface area contributed by atoms with Gasteiger partial charge in [0, 0.05) is 12.2 Å². The summed E-state index contributed by atoms with van der Waals surface area (Å²) in [5.41, 5.74) is 9.53. The minimum absolute atomic E-state index is 0.0943. The number of rotatable bonds is 3. The third-order valence-electron chi connectivity index (χ3n) is 2.00. The van der Waals surface area contributed by atoms with Crippen molar-refractivity contribution in [1.82, 2.24) is 0 Å². The van der Waals surface area contributed by atoms with Crippen LogP contribution in [0.15, 0.2) is 12.1 Å². The first-order valence-corrected chi connectivity index (χ1v) is 4.28. The molecule has 0 amide bonds. The van der Waals surface area contributed by atoms with Gasteiger partial charge in [-0.05, 0) is 12.1 Å². The molecule has 6 N–H and O–H groups in total. The Morgan fingerprint density at radius 1 is 1.20 bits per heavy atom. The van der Waals surface area contributed by atoms with E-state index >= 15 is 0 Å². The van der Waals surface area contributed by atoms with E-state index in [9.17, 15) is 13.9 Å². The SMILES string of the molecule is NCC(O)C(O)c1c(F)cc(N)cc1F. The molecule has 4 nitrogen and oxygen atoms in total. The molecule has 1 aromatic rings. The van der Waals surface area contributed by atoms with Gasteiger partial charge in [-0.15, -0.1) is 0 Å². The fourth-order valence-electron chi connectivity index (χ4n) is 1.21. The number of nitrogen functional groups attached to an aromatic ring is 1. The second-order valence-electron chi connectivity index (χ2n) is 3.15. The molecule has 0 saturated heterocycles. The Balaban J connectivity index is 3.13. The summed E-state index contributed by atoms with van der Waals surface area (Å²) in [6.45, 7) is -0.301. The second-order valence-corrected chi connectivity index (χ2v) is 3.15. The van der Waals surface area contributed by atoms with Crippen molar-refractivity contribution >= 4 is 5.69 Å². The molecule has 0 aliphatic carbocycles. The molecule has 0 bridgehead atoms. The highest BCUT2D eigenvalue weighted by atomic mass is 19.1. The van der Waals surface area contributed by atoms with Crippen molar-refractivity contribution < 1.29 is 19.0 Å². The van der Waals surface area contributed by atoms with Crippen LogP contribution in [0.2, 0.25) is 0 Å². The molecule has 0 aromatic heterocycles. The van der Waals surface area contributed by atoms with Crippen LogP contribution in [0.5, 0.6) is 0 Å². The van der Waals surface area contributed by atoms with Crippen molar-refractivity contribution in [3.63, 3.8) is 0 Å². The molecule has 0 radical (unpaired) electrons. The topological polar surface area (TPSA) is 92.5 Å². The van der Waals surface area contributed by atoms with Gasteiger partial charge in [-0.2, -0.15) is 0 Å². The fourth-order valence-corrected chi connectivity index (χ4v) is 1.21. The molecule has 0 heterocycles. The molecular weight excluding hydrogens is 206 g/mol. The van der Waals surface area contributed by atoms with Gasteiger partial charge in [-0.1, -0.05) is 0 Å². The summed E-state index contributed by atoms with van der Waals surface area (Å²) in [7, 11) is 0. The van der Waals surface area contributed by atoms with E-state index in [0.717, 1.165) is 12.1 Å². The van der Waals surface area contributed by atoms with E-state index in [2.05, 4.69) is 0 Å². The van der Waals surface area contributed by atoms with E-state index < -0.39 is 29.4 Å². The van der Waals surface area contributed by atoms with Gasteiger partial charge in [0.25, 0.3) is 0 Å². The van der Waals surface area contributed by atoms with Crippen LogP contribution >= 0.6 is 0 Å². The van der Waals surface area contributed by atoms with E-state index in [1.165, 1.54) is 0 Å². The van der Waals surface area contributed by atoms with Crippen molar-refractivity contribution in [3.8, 4) is 0 Å². The molecule has 15 heavy (non-hydrogen) atoms. The average Bonchev–Trinajstić information content (AvgIpc) is 2.14. The zero-order valence-corrected chi connectivity index (χ0v) is 7.82. The van der Waals surface area contributed by atoms with Gasteiger partial charge in [-0.3, -0.25) is 0 Å². The molecule has 2 atom stereocenters. The maximum atomic E-state index is 13.2. The first kappa shape index (κ1) is 11.8. The summed E-state index contributed by atoms with van der Waals surface area (Å²) in [6, 6.07) is 1.73. The lowest BCUT2D eigenvalue weighted by Gasteiger charge is -2.17. The van der Waals surface area contributed by atoms with Gasteiger partial charge in [0.1, 0.15) is 17.7 Å². The number of hydrogen-bond donors (Lipinski definition) is 4. The number of hydrogen-bond acceptors (Lipinski definition) is 4. The number of benzene rings is 1. The monoisotopic (exact) mass is 218 g/mol. The lowest BCUT2D eigenvalue weighted by Crippen LogP contribution is -2.28. The number of nitrogens with two attached hydrogens (primary N) is 2. The van der Waals surface area contributed by atoms with Crippen LogP contribution in [-0.4, -0.2) is 22.9 Å². The van der Waals surface area contributed by atoms with E-state index in [1.807, 2.05) is 0 Å². The lowest BCUT2D eigenvalue weighted by atomic mass is 10.0. The first-order chi connectivity index (χ1) is 6.97. The van der Waals surface area contributed by atoms with Crippen molar-refractivity contribution in [2.45, 2.75) is 12.2 Å². The van der Waals surface area contributed by atoms with Crippen LogP contribution in [0, 0.1) is 11.6 Å². The number of aliphatic hydroxyl groups excluding tert-OH is 2. The summed E-state index contributed by atoms with van der Waals surface area (Å²) in [5, 5.41) is 18.5. The number of aliphatic hydroxyl groups is 2. The molecule has 0 saturated carbocycles. The van der Waals surface area contributed by atoms with Gasteiger partial charge < -0.3 is 21.7 Å². The Bertz CT molecular complexity index is 337. The van der Waals surface area contributed by atoms with Gasteiger partial charge >= 0.3 is 0 Å². The minimum Gasteiger partial charge on any atom is -0.399 e. The van der Waals surface area contributed by atoms with Crippen molar-refractivity contribution in [1.29, 1.82) is 0 Å². The molecule has 1 aromatic carbocycles. The largest absolute Gasteiger partial charge is 0.399 e. The normalized spacial score (nSPS) is 15.0. The molecule has 0 fully saturated rings. The second kappa shape index (κ2) is 4.52. The fraction of sp³-hybridized carbons (Fsp3) is 0.333. The van der Waals surface area contributed by atoms with E-state index in [4.69, 9.17) is 16.6 Å². The maximum absolute atomic E-state index is 13.2. The first-order valence-electron chi connectivity index (χ1n) is 4.28. The van der Waals surface area contributed by atoms with Crippen LogP contribution in [-0.2, 0) is 0 Å². The highest BCUT2D eigenvalue weighted by Crippen LogP contribution is 2.25. The summed E-state index contributed by atoms with van der Waals surface area (Å²) in [5.74, 6) is -2.01. The van der Waals surface area contributed by atoms with E-state index in [0.29, 0.717) is 0 Å². The Morgan fingerprint density at radius 3 is 2.07 bits per heavy atom. The van der Waals surface area contributed by atoms with Crippen LogP contribution in [0.3, 0.4) is 0 Å². The highest BCUT2D eigenvalue weighted by molar-refractivity contribution is 5.42. The Morgan fingerprint density at radius 2 is 1.67 bits per heavy atom. The van der Waals surface area contributed by atoms with Gasteiger partial charge in [0.15, 0.2) is 0 Å². The third-order valence-corrected chi connectivity index (χ3v) is 2.00. The average molecular weight is 218 g/mol. The van der Waals surface area contributed by atoms with Crippen LogP contribution < -0.4 is 11.5 Å². The zero-order chi connectivity index (χ0) is 11.6. The maximum Gasteiger partial charge on any atom is 0.134 e. The van der Waals surface area contributed by atoms with Crippen LogP contribution in [0.1, 0.15) is 11.7 Å². The summed E-state index contributed by atoms with van der Waals surface area (Å²) in [4.78, 5) is 0. The summed E-state index contributed by atoms with van der Waals surface area (Å²) < 4.78 is 26.5. The van der Waals surface area contributed by atoms with Gasteiger partial charge in [-0.25, -0.2) is 8.78 Å². The molecule has 84 valence electrons. The van der Waals surface area contributed by atoms with E-state index in [1.54, 1.807) is 0 Å². The Hall–Kier alpha value is -1.24. The lowest BCUT2D eigenvalue weighted by molar-refractivity contribution is 0.0199. The van der Waals surface area contributed by atoms with Crippen LogP contribution in [0.25, 0.3) is 0 Å². The molecule has 2 unspecified atom stereocenters. The van der Waals surface area contributed by atoms with Gasteiger partial charge in [0.2, 0.25) is 0 Å². The smallest absolute Gasteiger partial charge is 0.134 e. The van der Waals surface area contributed by atoms with Gasteiger partial charge in [0.05, 0.1) is 11.7 Å². The Kier molecular flexibility index (Phi) is 3.57. The predicted octanol–water partition coefficient (Wildman–Crippen LogP) is -0.100. The highest BCUT2D eigenvalue weighted by Gasteiger charge is 2.24. The molecule has 1 rings (SSSR count). The molecular formula is C9H12F2N2O2. The third kappa shape index (κ3) is 2.41. The molecule has 0 aliphatic rings. The standard InChI is InChI=1S/C9H12F2N2O2/c10-5-1-4(13)2-6(11)8(5)9(15)7(14)3-12/h1-2,7,9,14-15H,3,12-13H2. The predicted molar refractivity (Wildman–Crippen MR) is 50.8 cm³/mol. The van der Waals surface area contributed by atoms with Crippen molar-refractivity contribution in [2.75, 3.05) is 12.3 Å². The van der Waals surface area contributed by atoms with E-state index in [-0.39, 0.29) is 12.2 Å². The molecule has 0 spiro atoms. The Labute approximate surface area is 85.1 Å². The summed E-state index contributed by atoms with van der Waals surface area (Å²) >= 11 is 0. The minimum atomic E-state index is -1.70. The molecule has 0 aliphatic heterocycles. The number of anilines is 1. The van der Waals surface area contributed by atoms with Crippen molar-refractivity contribution in [3.05, 3.63) is 29.3 Å². The quantitative estimate of drug-likeness (QED) is 0.533. The molecule has 6 heteroatoms. The van der Waals surface area contributed by atoms with Crippen molar-refractivity contribution in [2.24, 2.45) is 5.73 Å². The summed E-state index contributed by atoms with van der Waals surface area (Å²) in [6.07, 6.45) is -3.12. The number of halogens is 2. The zero-order valence-electron chi connectivity index (χ0n) is 7.82. The van der Waals surface area contributed by atoms with Crippen LogP contribution in [0.4, 0.5) is 14.5 Å².